The number of hydrogen-bond donors (Lipinski definition) is 2. The minimum absolute atomic E-state index is 0.147. The van der Waals surface area contributed by atoms with Gasteiger partial charge in [0.25, 0.3) is 5.91 Å². The summed E-state index contributed by atoms with van der Waals surface area (Å²) < 4.78 is 0. The van der Waals surface area contributed by atoms with Crippen molar-refractivity contribution in [3.8, 4) is 0 Å². The Balaban J connectivity index is 1.65. The van der Waals surface area contributed by atoms with Gasteiger partial charge in [0.05, 0.1) is 10.6 Å². The molecule has 0 unspecified atom stereocenters. The van der Waals surface area contributed by atoms with Gasteiger partial charge in [0.2, 0.25) is 0 Å². The van der Waals surface area contributed by atoms with E-state index in [1.165, 1.54) is 4.90 Å². The van der Waals surface area contributed by atoms with Crippen molar-refractivity contribution < 1.29 is 4.79 Å². The molecule has 2 heterocycles. The van der Waals surface area contributed by atoms with E-state index in [4.69, 9.17) is 0 Å². The summed E-state index contributed by atoms with van der Waals surface area (Å²) in [6.07, 6.45) is 1.82. The lowest BCUT2D eigenvalue weighted by Gasteiger charge is -2.31. The maximum atomic E-state index is 11.9. The minimum atomic E-state index is -0.147. The van der Waals surface area contributed by atoms with Crippen molar-refractivity contribution in [3.63, 3.8) is 0 Å². The normalized spacial score (nSPS) is 12.3. The molecule has 130 valence electrons. The molecule has 1 aliphatic rings. The Bertz CT molecular complexity index is 897. The highest BCUT2D eigenvalue weighted by atomic mass is 32.2. The Morgan fingerprint density at radius 1 is 1.04 bits per heavy atom. The molecule has 4 rings (SSSR count). The Labute approximate surface area is 156 Å². The summed E-state index contributed by atoms with van der Waals surface area (Å²) in [6.45, 7) is 0.690. The third kappa shape index (κ3) is 3.16. The van der Waals surface area contributed by atoms with Crippen LogP contribution in [-0.4, -0.2) is 17.9 Å². The van der Waals surface area contributed by atoms with Gasteiger partial charge in [-0.05, 0) is 42.0 Å². The van der Waals surface area contributed by atoms with Crippen molar-refractivity contribution in [3.05, 3.63) is 78.0 Å². The van der Waals surface area contributed by atoms with Crippen LogP contribution in [0, 0.1) is 0 Å². The predicted octanol–water partition coefficient (Wildman–Crippen LogP) is 3.75. The van der Waals surface area contributed by atoms with Crippen molar-refractivity contribution in [2.24, 2.45) is 0 Å². The lowest BCUT2D eigenvalue weighted by atomic mass is 10.1. The smallest absolute Gasteiger partial charge is 0.265 e. The van der Waals surface area contributed by atoms with E-state index in [1.807, 2.05) is 42.6 Å². The molecule has 2 N–H and O–H groups in total. The summed E-state index contributed by atoms with van der Waals surface area (Å²) in [5.74, 6) is 0.819. The van der Waals surface area contributed by atoms with Gasteiger partial charge in [-0.3, -0.25) is 10.2 Å². The van der Waals surface area contributed by atoms with Crippen molar-refractivity contribution >= 4 is 29.2 Å². The van der Waals surface area contributed by atoms with Gasteiger partial charge < -0.3 is 4.90 Å². The average molecular weight is 362 g/mol. The molecular weight excluding hydrogens is 344 g/mol. The summed E-state index contributed by atoms with van der Waals surface area (Å²) in [6, 6.07) is 20.1. The fraction of sp³-hybridized carbons (Fsp3) is 0.100. The van der Waals surface area contributed by atoms with Crippen LogP contribution in [0.5, 0.6) is 0 Å². The maximum Gasteiger partial charge on any atom is 0.265 e. The second-order valence-electron chi connectivity index (χ2n) is 5.88. The molecule has 0 aliphatic carbocycles. The van der Waals surface area contributed by atoms with E-state index < -0.39 is 0 Å². The number of carbonyl (C=O) groups excluding carboxylic acids is 1. The molecule has 0 bridgehead atoms. The zero-order chi connectivity index (χ0) is 17.9. The molecule has 1 aliphatic heterocycles. The number of nitrogens with zero attached hydrogens (tertiary/aromatic N) is 2. The second-order valence-corrected chi connectivity index (χ2v) is 6.97. The number of hydrogen-bond acceptors (Lipinski definition) is 5. The molecule has 1 amide bonds. The van der Waals surface area contributed by atoms with Crippen molar-refractivity contribution in [1.29, 1.82) is 0 Å². The number of pyridine rings is 1. The first-order chi connectivity index (χ1) is 12.8. The zero-order valence-corrected chi connectivity index (χ0v) is 15.1. The molecule has 0 saturated heterocycles. The minimum Gasteiger partial charge on any atom is -0.320 e. The highest BCUT2D eigenvalue weighted by molar-refractivity contribution is 7.99. The third-order valence-corrected chi connectivity index (χ3v) is 5.28. The third-order valence-electron chi connectivity index (χ3n) is 4.18. The van der Waals surface area contributed by atoms with E-state index in [1.54, 1.807) is 18.8 Å². The molecular formula is C20H18N4OS. The van der Waals surface area contributed by atoms with Gasteiger partial charge in [0, 0.05) is 30.2 Å². The first kappa shape index (κ1) is 16.6. The number of fused-ring (bicyclic) bond motifs is 2. The number of nitrogens with one attached hydrogen (secondary N) is 2. The molecule has 0 atom stereocenters. The van der Waals surface area contributed by atoms with Crippen LogP contribution in [0.1, 0.15) is 15.9 Å². The largest absolute Gasteiger partial charge is 0.320 e. The van der Waals surface area contributed by atoms with Crippen molar-refractivity contribution in [2.45, 2.75) is 16.3 Å². The Morgan fingerprint density at radius 3 is 2.62 bits per heavy atom. The van der Waals surface area contributed by atoms with Crippen molar-refractivity contribution in [2.75, 3.05) is 11.9 Å². The fourth-order valence-electron chi connectivity index (χ4n) is 2.95. The quantitative estimate of drug-likeness (QED) is 0.692. The van der Waals surface area contributed by atoms with Crippen LogP contribution in [0.15, 0.2) is 76.7 Å². The molecule has 1 aromatic heterocycles. The summed E-state index contributed by atoms with van der Waals surface area (Å²) in [5.41, 5.74) is 8.12. The van der Waals surface area contributed by atoms with Crippen LogP contribution < -0.4 is 15.8 Å². The average Bonchev–Trinajstić information content (AvgIpc) is 2.68. The first-order valence-corrected chi connectivity index (χ1v) is 9.13. The number of aromatic nitrogens is 1. The van der Waals surface area contributed by atoms with Gasteiger partial charge in [-0.25, -0.2) is 10.4 Å². The first-order valence-electron chi connectivity index (χ1n) is 8.32. The van der Waals surface area contributed by atoms with E-state index in [9.17, 15) is 4.79 Å². The standard InChI is InChI=1S/C20H18N4OS/c1-21-23-20(25)15-10-8-14(9-11-15)13-24-16-5-2-3-6-17(16)26-18-7-4-12-22-19(18)24/h2-12,21H,13H2,1H3,(H,23,25). The van der Waals surface area contributed by atoms with E-state index in [0.717, 1.165) is 22.0 Å². The number of benzene rings is 2. The molecule has 6 heteroatoms. The fourth-order valence-corrected chi connectivity index (χ4v) is 4.02. The number of amides is 1. The van der Waals surface area contributed by atoms with Crippen LogP contribution >= 0.6 is 11.8 Å². The van der Waals surface area contributed by atoms with Gasteiger partial charge in [-0.2, -0.15) is 0 Å². The van der Waals surface area contributed by atoms with Gasteiger partial charge in [0.15, 0.2) is 0 Å². The van der Waals surface area contributed by atoms with Crippen LogP contribution in [0.4, 0.5) is 11.5 Å². The van der Waals surface area contributed by atoms with Crippen LogP contribution in [0.25, 0.3) is 0 Å². The van der Waals surface area contributed by atoms with E-state index in [2.05, 4.69) is 45.0 Å². The van der Waals surface area contributed by atoms with Gasteiger partial charge >= 0.3 is 0 Å². The summed E-state index contributed by atoms with van der Waals surface area (Å²) in [7, 11) is 1.67. The lowest BCUT2D eigenvalue weighted by Crippen LogP contribution is -2.34. The van der Waals surface area contributed by atoms with E-state index in [-0.39, 0.29) is 5.91 Å². The number of hydrazine groups is 1. The summed E-state index contributed by atoms with van der Waals surface area (Å²) in [4.78, 5) is 21.1. The topological polar surface area (TPSA) is 57.3 Å². The molecule has 3 aromatic rings. The molecule has 0 spiro atoms. The SMILES string of the molecule is CNNC(=O)c1ccc(CN2c3ccccc3Sc3cccnc32)cc1. The number of para-hydroxylation sites is 1. The highest BCUT2D eigenvalue weighted by Crippen LogP contribution is 2.47. The molecule has 0 saturated carbocycles. The number of rotatable bonds is 4. The van der Waals surface area contributed by atoms with E-state index >= 15 is 0 Å². The molecule has 26 heavy (non-hydrogen) atoms. The Hall–Kier alpha value is -2.83. The highest BCUT2D eigenvalue weighted by Gasteiger charge is 2.24. The van der Waals surface area contributed by atoms with Crippen LogP contribution in [0.3, 0.4) is 0 Å². The zero-order valence-electron chi connectivity index (χ0n) is 14.3. The van der Waals surface area contributed by atoms with Gasteiger partial charge in [0.1, 0.15) is 5.82 Å². The predicted molar refractivity (Wildman–Crippen MR) is 104 cm³/mol. The molecule has 0 radical (unpaired) electrons. The Kier molecular flexibility index (Phi) is 4.60. The molecule has 0 fully saturated rings. The second kappa shape index (κ2) is 7.19. The van der Waals surface area contributed by atoms with Crippen molar-refractivity contribution in [1.82, 2.24) is 15.8 Å². The summed E-state index contributed by atoms with van der Waals surface area (Å²) in [5, 5.41) is 0. The maximum absolute atomic E-state index is 11.9. The number of carbonyl (C=O) groups is 1. The molecule has 5 nitrogen and oxygen atoms in total. The van der Waals surface area contributed by atoms with Crippen LogP contribution in [0.2, 0.25) is 0 Å². The lowest BCUT2D eigenvalue weighted by molar-refractivity contribution is 0.0938. The van der Waals surface area contributed by atoms with Gasteiger partial charge in [-0.1, -0.05) is 36.0 Å². The Morgan fingerprint density at radius 2 is 1.81 bits per heavy atom. The molecule has 2 aromatic carbocycles. The van der Waals surface area contributed by atoms with Crippen LogP contribution in [-0.2, 0) is 6.54 Å². The number of anilines is 2. The monoisotopic (exact) mass is 362 g/mol. The van der Waals surface area contributed by atoms with Gasteiger partial charge in [-0.15, -0.1) is 0 Å². The van der Waals surface area contributed by atoms with E-state index in [0.29, 0.717) is 12.1 Å². The summed E-state index contributed by atoms with van der Waals surface area (Å²) >= 11 is 1.74.